The summed E-state index contributed by atoms with van der Waals surface area (Å²) in [4.78, 5) is 12.4. The molecule has 0 aliphatic carbocycles. The third-order valence-electron chi connectivity index (χ3n) is 4.20. The van der Waals surface area contributed by atoms with E-state index in [2.05, 4.69) is 20.7 Å². The third-order valence-corrected chi connectivity index (χ3v) is 5.19. The molecule has 0 aliphatic heterocycles. The van der Waals surface area contributed by atoms with E-state index in [4.69, 9.17) is 14.2 Å². The number of thioether (sulfide) groups is 1. The molecule has 2 aromatic carbocycles. The van der Waals surface area contributed by atoms with E-state index in [-0.39, 0.29) is 11.7 Å². The molecule has 31 heavy (non-hydrogen) atoms. The number of carbonyl (C=O) groups excluding carboxylic acids is 1. The predicted molar refractivity (Wildman–Crippen MR) is 120 cm³/mol. The zero-order valence-electron chi connectivity index (χ0n) is 17.7. The molecule has 0 bridgehead atoms. The number of carbonyl (C=O) groups is 1. The lowest BCUT2D eigenvalue weighted by Gasteiger charge is -2.08. The van der Waals surface area contributed by atoms with Crippen molar-refractivity contribution in [2.75, 3.05) is 26.3 Å². The van der Waals surface area contributed by atoms with Crippen molar-refractivity contribution >= 4 is 28.5 Å². The molecule has 0 saturated carbocycles. The molecule has 0 spiro atoms. The summed E-state index contributed by atoms with van der Waals surface area (Å²) in [6.45, 7) is 1.97. The quantitative estimate of drug-likeness (QED) is 0.195. The first-order valence-electron chi connectivity index (χ1n) is 9.42. The first-order valence-corrected chi connectivity index (χ1v) is 10.2. The molecule has 0 fully saturated rings. The maximum Gasteiger partial charge on any atom is 0.365 e. The zero-order chi connectivity index (χ0) is 22.2. The Bertz CT molecular complexity index is 1050. The minimum atomic E-state index is -0.553. The number of ether oxygens (including phenoxy) is 3. The van der Waals surface area contributed by atoms with Crippen LogP contribution in [-0.4, -0.2) is 46.6 Å². The van der Waals surface area contributed by atoms with E-state index < -0.39 is 5.97 Å². The molecule has 9 nitrogen and oxygen atoms in total. The van der Waals surface area contributed by atoms with Crippen LogP contribution in [0.4, 0.5) is 5.69 Å². The summed E-state index contributed by atoms with van der Waals surface area (Å²) in [5, 5.41) is 13.3. The number of nitrogens with zero attached hydrogens (tertiary/aromatic N) is 4. The van der Waals surface area contributed by atoms with E-state index in [1.54, 1.807) is 50.0 Å². The Morgan fingerprint density at radius 3 is 2.23 bits per heavy atom. The SMILES string of the molecule is CCOC(=O)C(=NNc1ccc(OC)cc1)Sc1nnc(-c2ccc(OC)cc2)n1C. The minimum Gasteiger partial charge on any atom is -0.497 e. The number of anilines is 1. The molecule has 0 atom stereocenters. The molecule has 0 unspecified atom stereocenters. The summed E-state index contributed by atoms with van der Waals surface area (Å²) in [7, 11) is 5.03. The number of hydrazone groups is 1. The van der Waals surface area contributed by atoms with E-state index in [1.165, 1.54) is 0 Å². The lowest BCUT2D eigenvalue weighted by Crippen LogP contribution is -2.16. The summed E-state index contributed by atoms with van der Waals surface area (Å²) in [5.74, 6) is 1.57. The van der Waals surface area contributed by atoms with Crippen molar-refractivity contribution in [3.05, 3.63) is 48.5 Å². The Morgan fingerprint density at radius 1 is 1.03 bits per heavy atom. The average Bonchev–Trinajstić information content (AvgIpc) is 3.17. The Kier molecular flexibility index (Phi) is 7.50. The van der Waals surface area contributed by atoms with Crippen LogP contribution in [0.15, 0.2) is 58.8 Å². The summed E-state index contributed by atoms with van der Waals surface area (Å²) in [6.07, 6.45) is 0. The maximum atomic E-state index is 12.4. The van der Waals surface area contributed by atoms with Crippen molar-refractivity contribution < 1.29 is 19.0 Å². The van der Waals surface area contributed by atoms with Crippen LogP contribution in [0, 0.1) is 0 Å². The normalized spacial score (nSPS) is 11.2. The minimum absolute atomic E-state index is 0.106. The van der Waals surface area contributed by atoms with Gasteiger partial charge in [-0.15, -0.1) is 10.2 Å². The van der Waals surface area contributed by atoms with Gasteiger partial charge in [-0.25, -0.2) is 4.79 Å². The zero-order valence-corrected chi connectivity index (χ0v) is 18.5. The molecular weight excluding hydrogens is 418 g/mol. The fourth-order valence-corrected chi connectivity index (χ4v) is 3.28. The van der Waals surface area contributed by atoms with Gasteiger partial charge in [-0.05, 0) is 67.2 Å². The molecule has 1 heterocycles. The van der Waals surface area contributed by atoms with E-state index in [0.29, 0.717) is 16.7 Å². The number of aromatic nitrogens is 3. The van der Waals surface area contributed by atoms with Gasteiger partial charge >= 0.3 is 5.97 Å². The van der Waals surface area contributed by atoms with Crippen molar-refractivity contribution in [1.29, 1.82) is 0 Å². The first-order chi connectivity index (χ1) is 15.0. The van der Waals surface area contributed by atoms with Gasteiger partial charge in [-0.1, -0.05) is 0 Å². The van der Waals surface area contributed by atoms with Crippen LogP contribution in [0.1, 0.15) is 6.92 Å². The number of hydrogen-bond acceptors (Lipinski definition) is 9. The molecule has 0 aliphatic rings. The van der Waals surface area contributed by atoms with Gasteiger partial charge in [-0.3, -0.25) is 5.43 Å². The van der Waals surface area contributed by atoms with Crippen LogP contribution >= 0.6 is 11.8 Å². The first kappa shape index (κ1) is 22.2. The van der Waals surface area contributed by atoms with Crippen molar-refractivity contribution in [2.24, 2.45) is 12.1 Å². The van der Waals surface area contributed by atoms with Crippen LogP contribution in [0.2, 0.25) is 0 Å². The number of hydrogen-bond donors (Lipinski definition) is 1. The predicted octanol–water partition coefficient (Wildman–Crippen LogP) is 3.58. The van der Waals surface area contributed by atoms with E-state index in [9.17, 15) is 4.79 Å². The molecule has 3 rings (SSSR count). The van der Waals surface area contributed by atoms with Crippen LogP contribution in [-0.2, 0) is 16.6 Å². The van der Waals surface area contributed by atoms with Crippen molar-refractivity contribution in [1.82, 2.24) is 14.8 Å². The molecule has 1 N–H and O–H groups in total. The van der Waals surface area contributed by atoms with Crippen molar-refractivity contribution in [2.45, 2.75) is 12.1 Å². The van der Waals surface area contributed by atoms with Gasteiger partial charge in [0.05, 0.1) is 26.5 Å². The van der Waals surface area contributed by atoms with Crippen LogP contribution in [0.3, 0.4) is 0 Å². The number of benzene rings is 2. The van der Waals surface area contributed by atoms with Gasteiger partial charge in [0, 0.05) is 12.6 Å². The lowest BCUT2D eigenvalue weighted by atomic mass is 10.2. The smallest absolute Gasteiger partial charge is 0.365 e. The van der Waals surface area contributed by atoms with Gasteiger partial charge in [0.1, 0.15) is 11.5 Å². The standard InChI is InChI=1S/C21H23N5O4S/c1-5-30-20(27)19(24-22-15-8-12-17(29-4)13-9-15)31-21-25-23-18(26(21)2)14-6-10-16(28-3)11-7-14/h6-13,22H,5H2,1-4H3. The van der Waals surface area contributed by atoms with E-state index in [0.717, 1.165) is 28.8 Å². The van der Waals surface area contributed by atoms with Gasteiger partial charge in [0.25, 0.3) is 0 Å². The molecule has 0 saturated heterocycles. The Labute approximate surface area is 184 Å². The Morgan fingerprint density at radius 2 is 1.65 bits per heavy atom. The van der Waals surface area contributed by atoms with E-state index >= 15 is 0 Å². The monoisotopic (exact) mass is 441 g/mol. The second kappa shape index (κ2) is 10.5. The highest BCUT2D eigenvalue weighted by Crippen LogP contribution is 2.26. The van der Waals surface area contributed by atoms with Gasteiger partial charge in [-0.2, -0.15) is 5.10 Å². The van der Waals surface area contributed by atoms with Gasteiger partial charge in [0.15, 0.2) is 11.0 Å². The number of esters is 1. The number of methoxy groups -OCH3 is 2. The third kappa shape index (κ3) is 5.54. The largest absolute Gasteiger partial charge is 0.497 e. The van der Waals surface area contributed by atoms with Crippen LogP contribution < -0.4 is 14.9 Å². The summed E-state index contributed by atoms with van der Waals surface area (Å²) < 4.78 is 17.3. The Balaban J connectivity index is 1.82. The molecule has 0 radical (unpaired) electrons. The average molecular weight is 442 g/mol. The summed E-state index contributed by atoms with van der Waals surface area (Å²) in [5.41, 5.74) is 4.43. The van der Waals surface area contributed by atoms with Gasteiger partial charge in [0.2, 0.25) is 5.04 Å². The second-order valence-electron chi connectivity index (χ2n) is 6.17. The van der Waals surface area contributed by atoms with E-state index in [1.807, 2.05) is 31.3 Å². The van der Waals surface area contributed by atoms with Crippen molar-refractivity contribution in [3.8, 4) is 22.9 Å². The highest BCUT2D eigenvalue weighted by molar-refractivity contribution is 8.15. The topological polar surface area (TPSA) is 99.9 Å². The molecule has 162 valence electrons. The van der Waals surface area contributed by atoms with Crippen LogP contribution in [0.25, 0.3) is 11.4 Å². The molecule has 3 aromatic rings. The summed E-state index contributed by atoms with van der Waals surface area (Å²) >= 11 is 1.07. The van der Waals surface area contributed by atoms with Gasteiger partial charge < -0.3 is 18.8 Å². The molecular formula is C21H23N5O4S. The lowest BCUT2D eigenvalue weighted by molar-refractivity contribution is -0.134. The molecule has 10 heteroatoms. The van der Waals surface area contributed by atoms with Crippen LogP contribution in [0.5, 0.6) is 11.5 Å². The fraction of sp³-hybridized carbons (Fsp3) is 0.238. The van der Waals surface area contributed by atoms with Crippen molar-refractivity contribution in [3.63, 3.8) is 0 Å². The highest BCUT2D eigenvalue weighted by atomic mass is 32.2. The highest BCUT2D eigenvalue weighted by Gasteiger charge is 2.20. The number of nitrogens with one attached hydrogen (secondary N) is 1. The molecule has 1 aromatic heterocycles. The number of rotatable bonds is 7. The fourth-order valence-electron chi connectivity index (χ4n) is 2.57. The Hall–Kier alpha value is -3.53. The summed E-state index contributed by atoms with van der Waals surface area (Å²) in [6, 6.07) is 14.6. The second-order valence-corrected chi connectivity index (χ2v) is 7.13. The molecule has 0 amide bonds. The maximum absolute atomic E-state index is 12.4.